The van der Waals surface area contributed by atoms with Gasteiger partial charge in [0.2, 0.25) is 5.91 Å². The molecule has 2 rings (SSSR count). The number of nitrogens with one attached hydrogen (secondary N) is 3. The zero-order valence-electron chi connectivity index (χ0n) is 14.6. The molecule has 3 N–H and O–H groups in total. The highest BCUT2D eigenvalue weighted by molar-refractivity contribution is 5.94. The molecule has 1 saturated heterocycles. The van der Waals surface area contributed by atoms with E-state index in [0.29, 0.717) is 12.1 Å². The summed E-state index contributed by atoms with van der Waals surface area (Å²) in [6, 6.07) is 7.60. The molecule has 24 heavy (non-hydrogen) atoms. The number of rotatable bonds is 4. The minimum absolute atomic E-state index is 0. The topological polar surface area (TPSA) is 70.2 Å². The molecule has 1 aliphatic rings. The number of hydrogen-bond acceptors (Lipinski definition) is 3. The number of hydrogen-bond donors (Lipinski definition) is 3. The molecule has 134 valence electrons. The Labute approximate surface area is 150 Å². The zero-order chi connectivity index (χ0) is 16.9. The summed E-state index contributed by atoms with van der Waals surface area (Å²) >= 11 is 0. The van der Waals surface area contributed by atoms with Crippen LogP contribution in [0.1, 0.15) is 49.5 Å². The van der Waals surface area contributed by atoms with Crippen molar-refractivity contribution in [3.05, 3.63) is 35.4 Å². The minimum Gasteiger partial charge on any atom is -0.352 e. The van der Waals surface area contributed by atoms with Gasteiger partial charge in [0.1, 0.15) is 0 Å². The quantitative estimate of drug-likeness (QED) is 0.777. The number of carbonyl (C=O) groups excluding carboxylic acids is 2. The molecule has 0 saturated carbocycles. The average Bonchev–Trinajstić information content (AvgIpc) is 2.53. The van der Waals surface area contributed by atoms with Crippen molar-refractivity contribution in [2.24, 2.45) is 5.41 Å². The van der Waals surface area contributed by atoms with E-state index in [-0.39, 0.29) is 30.3 Å². The summed E-state index contributed by atoms with van der Waals surface area (Å²) in [5.41, 5.74) is 1.24. The standard InChI is InChI=1S/C18H27N3O2.ClH/c1-18(2,3)17(23)20-11-13-6-8-14(9-7-13)16(22)21-15-5-4-10-19-12-15;/h6-9,15,19H,4-5,10-12H2,1-3H3,(H,20,23)(H,21,22);1H. The lowest BCUT2D eigenvalue weighted by Gasteiger charge is -2.23. The van der Waals surface area contributed by atoms with Crippen molar-refractivity contribution in [3.8, 4) is 0 Å². The van der Waals surface area contributed by atoms with E-state index >= 15 is 0 Å². The number of halogens is 1. The first kappa shape index (κ1) is 20.5. The monoisotopic (exact) mass is 353 g/mol. The first-order valence-electron chi connectivity index (χ1n) is 8.25. The largest absolute Gasteiger partial charge is 0.352 e. The maximum atomic E-state index is 12.2. The van der Waals surface area contributed by atoms with E-state index in [1.807, 2.05) is 45.0 Å². The number of amides is 2. The molecule has 0 spiro atoms. The van der Waals surface area contributed by atoms with Crippen LogP contribution in [0.3, 0.4) is 0 Å². The van der Waals surface area contributed by atoms with Gasteiger partial charge in [-0.2, -0.15) is 0 Å². The molecule has 5 nitrogen and oxygen atoms in total. The Morgan fingerprint density at radius 1 is 1.21 bits per heavy atom. The fourth-order valence-electron chi connectivity index (χ4n) is 2.47. The molecular formula is C18H28ClN3O2. The van der Waals surface area contributed by atoms with Crippen LogP contribution in [0.4, 0.5) is 0 Å². The normalized spacial score (nSPS) is 17.5. The second-order valence-electron chi connectivity index (χ2n) is 7.15. The summed E-state index contributed by atoms with van der Waals surface area (Å²) in [6.45, 7) is 8.00. The Morgan fingerprint density at radius 3 is 2.42 bits per heavy atom. The maximum absolute atomic E-state index is 12.2. The first-order chi connectivity index (χ1) is 10.9. The van der Waals surface area contributed by atoms with Gasteiger partial charge in [0.25, 0.3) is 5.91 Å². The Kier molecular flexibility index (Phi) is 7.70. The third-order valence-electron chi connectivity index (χ3n) is 3.98. The highest BCUT2D eigenvalue weighted by atomic mass is 35.5. The number of benzene rings is 1. The lowest BCUT2D eigenvalue weighted by atomic mass is 9.95. The molecular weight excluding hydrogens is 326 g/mol. The van der Waals surface area contributed by atoms with Crippen LogP contribution in [0.5, 0.6) is 0 Å². The van der Waals surface area contributed by atoms with Crippen LogP contribution < -0.4 is 16.0 Å². The molecule has 2 amide bonds. The molecule has 1 aromatic carbocycles. The van der Waals surface area contributed by atoms with Crippen molar-refractivity contribution in [1.29, 1.82) is 0 Å². The Morgan fingerprint density at radius 2 is 1.88 bits per heavy atom. The van der Waals surface area contributed by atoms with Crippen LogP contribution in [0.2, 0.25) is 0 Å². The van der Waals surface area contributed by atoms with Crippen molar-refractivity contribution in [1.82, 2.24) is 16.0 Å². The van der Waals surface area contributed by atoms with E-state index in [1.54, 1.807) is 0 Å². The van der Waals surface area contributed by atoms with Gasteiger partial charge in [-0.1, -0.05) is 32.9 Å². The van der Waals surface area contributed by atoms with Crippen molar-refractivity contribution < 1.29 is 9.59 Å². The Hall–Kier alpha value is -1.59. The molecule has 0 radical (unpaired) electrons. The van der Waals surface area contributed by atoms with Gasteiger partial charge in [-0.25, -0.2) is 0 Å². The summed E-state index contributed by atoms with van der Waals surface area (Å²) in [5.74, 6) is -0.0203. The molecule has 1 heterocycles. The van der Waals surface area contributed by atoms with E-state index in [4.69, 9.17) is 0 Å². The summed E-state index contributed by atoms with van der Waals surface area (Å²) in [5, 5.41) is 9.24. The van der Waals surface area contributed by atoms with Crippen molar-refractivity contribution in [3.63, 3.8) is 0 Å². The van der Waals surface area contributed by atoms with Crippen LogP contribution in [-0.2, 0) is 11.3 Å². The number of piperidine rings is 1. The van der Waals surface area contributed by atoms with E-state index in [1.165, 1.54) is 0 Å². The fraction of sp³-hybridized carbons (Fsp3) is 0.556. The van der Waals surface area contributed by atoms with Gasteiger partial charge in [0.05, 0.1) is 0 Å². The first-order valence-corrected chi connectivity index (χ1v) is 8.25. The highest BCUT2D eigenvalue weighted by Crippen LogP contribution is 2.13. The lowest BCUT2D eigenvalue weighted by molar-refractivity contribution is -0.128. The number of carbonyl (C=O) groups is 2. The second-order valence-corrected chi connectivity index (χ2v) is 7.15. The molecule has 1 atom stereocenters. The Balaban J connectivity index is 0.00000288. The highest BCUT2D eigenvalue weighted by Gasteiger charge is 2.20. The lowest BCUT2D eigenvalue weighted by Crippen LogP contribution is -2.45. The van der Waals surface area contributed by atoms with Gasteiger partial charge in [-0.15, -0.1) is 12.4 Å². The van der Waals surface area contributed by atoms with Crippen molar-refractivity contribution in [2.45, 2.75) is 46.2 Å². The molecule has 0 bridgehead atoms. The van der Waals surface area contributed by atoms with Crippen LogP contribution >= 0.6 is 12.4 Å². The van der Waals surface area contributed by atoms with E-state index in [0.717, 1.165) is 31.5 Å². The molecule has 1 unspecified atom stereocenters. The van der Waals surface area contributed by atoms with Crippen LogP contribution in [0.15, 0.2) is 24.3 Å². The van der Waals surface area contributed by atoms with E-state index in [2.05, 4.69) is 16.0 Å². The van der Waals surface area contributed by atoms with Gasteiger partial charge < -0.3 is 16.0 Å². The fourth-order valence-corrected chi connectivity index (χ4v) is 2.47. The van der Waals surface area contributed by atoms with Crippen LogP contribution in [0.25, 0.3) is 0 Å². The SMILES string of the molecule is CC(C)(C)C(=O)NCc1ccc(C(=O)NC2CCCNC2)cc1.Cl. The van der Waals surface area contributed by atoms with E-state index < -0.39 is 5.41 Å². The van der Waals surface area contributed by atoms with Crippen molar-refractivity contribution in [2.75, 3.05) is 13.1 Å². The van der Waals surface area contributed by atoms with E-state index in [9.17, 15) is 9.59 Å². The molecule has 1 aliphatic heterocycles. The van der Waals surface area contributed by atoms with Crippen LogP contribution in [-0.4, -0.2) is 30.9 Å². The third-order valence-corrected chi connectivity index (χ3v) is 3.98. The van der Waals surface area contributed by atoms with Gasteiger partial charge in [0, 0.05) is 30.1 Å². The molecule has 0 aromatic heterocycles. The molecule has 0 aliphatic carbocycles. The maximum Gasteiger partial charge on any atom is 0.251 e. The molecule has 1 aromatic rings. The van der Waals surface area contributed by atoms with Gasteiger partial charge in [-0.3, -0.25) is 9.59 Å². The second kappa shape index (κ2) is 9.04. The minimum atomic E-state index is -0.395. The smallest absolute Gasteiger partial charge is 0.251 e. The molecule has 6 heteroatoms. The zero-order valence-corrected chi connectivity index (χ0v) is 15.5. The predicted octanol–water partition coefficient (Wildman–Crippen LogP) is 2.25. The van der Waals surface area contributed by atoms with Gasteiger partial charge in [-0.05, 0) is 37.1 Å². The van der Waals surface area contributed by atoms with Gasteiger partial charge >= 0.3 is 0 Å². The van der Waals surface area contributed by atoms with Crippen molar-refractivity contribution >= 4 is 24.2 Å². The Bertz CT molecular complexity index is 546. The predicted molar refractivity (Wildman–Crippen MR) is 98.3 cm³/mol. The van der Waals surface area contributed by atoms with Gasteiger partial charge in [0.15, 0.2) is 0 Å². The van der Waals surface area contributed by atoms with Crippen LogP contribution in [0, 0.1) is 5.41 Å². The summed E-state index contributed by atoms with van der Waals surface area (Å²) in [6.07, 6.45) is 2.12. The summed E-state index contributed by atoms with van der Waals surface area (Å²) in [4.78, 5) is 24.1. The summed E-state index contributed by atoms with van der Waals surface area (Å²) in [7, 11) is 0. The summed E-state index contributed by atoms with van der Waals surface area (Å²) < 4.78 is 0. The third kappa shape index (κ3) is 6.13. The molecule has 1 fully saturated rings. The average molecular weight is 354 g/mol.